The predicted octanol–water partition coefficient (Wildman–Crippen LogP) is -2.70. The molecule has 0 aliphatic rings. The Bertz CT molecular complexity index is 158. The summed E-state index contributed by atoms with van der Waals surface area (Å²) in [6.07, 6.45) is -1.83. The van der Waals surface area contributed by atoms with E-state index in [9.17, 15) is 0 Å². The van der Waals surface area contributed by atoms with Crippen LogP contribution in [0.25, 0.3) is 0 Å². The zero-order chi connectivity index (χ0) is 11.0. The molecule has 0 aromatic carbocycles. The van der Waals surface area contributed by atoms with E-state index in [1.165, 1.54) is 6.92 Å². The van der Waals surface area contributed by atoms with Crippen LogP contribution in [0.4, 0.5) is 0 Å². The lowest BCUT2D eigenvalue weighted by molar-refractivity contribution is -0.159. The Morgan fingerprint density at radius 2 is 1.54 bits per heavy atom. The van der Waals surface area contributed by atoms with E-state index in [2.05, 4.69) is 0 Å². The van der Waals surface area contributed by atoms with Crippen LogP contribution < -0.4 is 11.3 Å². The first kappa shape index (κ1) is 14.3. The third-order valence-corrected chi connectivity index (χ3v) is 0.811. The molecule has 7 N–H and O–H groups in total. The van der Waals surface area contributed by atoms with Crippen LogP contribution in [0.5, 0.6) is 0 Å². The van der Waals surface area contributed by atoms with E-state index in [4.69, 9.17) is 35.9 Å². The summed E-state index contributed by atoms with van der Waals surface area (Å²) >= 11 is 0. The molecule has 0 saturated heterocycles. The van der Waals surface area contributed by atoms with Gasteiger partial charge < -0.3 is 20.4 Å². The molecule has 0 aliphatic heterocycles. The van der Waals surface area contributed by atoms with Crippen molar-refractivity contribution in [2.75, 3.05) is 0 Å². The highest BCUT2D eigenvalue weighted by Crippen LogP contribution is 1.81. The van der Waals surface area contributed by atoms with E-state index in [0.717, 1.165) is 0 Å². The normalized spacial score (nSPS) is 13.5. The first-order valence-electron chi connectivity index (χ1n) is 3.11. The molecule has 13 heavy (non-hydrogen) atoms. The number of carbonyl (C=O) groups is 2. The molecule has 0 amide bonds. The fraction of sp³-hybridized carbons (Fsp3) is 0.600. The highest BCUT2D eigenvalue weighted by molar-refractivity contribution is 6.27. The van der Waals surface area contributed by atoms with Crippen molar-refractivity contribution < 1.29 is 30.0 Å². The number of rotatable bonds is 2. The molecule has 0 fully saturated rings. The van der Waals surface area contributed by atoms with Crippen molar-refractivity contribution in [1.29, 1.82) is 0 Å². The number of hydrogen-bond donors (Lipinski definition) is 6. The summed E-state index contributed by atoms with van der Waals surface area (Å²) in [5.41, 5.74) is 1.97. The second kappa shape index (κ2) is 7.43. The molecule has 0 radical (unpaired) electrons. The molecule has 0 bridgehead atoms. The molecule has 0 aromatic heterocycles. The first-order valence-corrected chi connectivity index (χ1v) is 3.11. The Balaban J connectivity index is 0. The molecule has 0 heterocycles. The van der Waals surface area contributed by atoms with E-state index in [-0.39, 0.29) is 0 Å². The van der Waals surface area contributed by atoms with Gasteiger partial charge in [-0.2, -0.15) is 0 Å². The van der Waals surface area contributed by atoms with Gasteiger partial charge in [-0.25, -0.2) is 15.0 Å². The van der Waals surface area contributed by atoms with E-state index in [1.807, 2.05) is 5.43 Å². The minimum atomic E-state index is -1.82. The van der Waals surface area contributed by atoms with Gasteiger partial charge in [-0.3, -0.25) is 5.84 Å². The number of hydrazine groups is 1. The van der Waals surface area contributed by atoms with Crippen LogP contribution >= 0.6 is 0 Å². The van der Waals surface area contributed by atoms with Crippen molar-refractivity contribution in [3.05, 3.63) is 0 Å². The van der Waals surface area contributed by atoms with Crippen molar-refractivity contribution in [2.45, 2.75) is 19.3 Å². The average Bonchev–Trinajstić information content (AvgIpc) is 2.03. The Hall–Kier alpha value is -1.22. The molecule has 0 aromatic rings. The van der Waals surface area contributed by atoms with Gasteiger partial charge in [-0.15, -0.1) is 0 Å². The maximum atomic E-state index is 9.10. The smallest absolute Gasteiger partial charge is 0.414 e. The summed E-state index contributed by atoms with van der Waals surface area (Å²) in [6, 6.07) is 0. The molecule has 2 atom stereocenters. The topological polar surface area (TPSA) is 153 Å². The highest BCUT2D eigenvalue weighted by atomic mass is 16.4. The van der Waals surface area contributed by atoms with Gasteiger partial charge in [-0.1, -0.05) is 0 Å². The third-order valence-electron chi connectivity index (χ3n) is 0.811. The number of nitrogens with one attached hydrogen (secondary N) is 1. The quantitative estimate of drug-likeness (QED) is 0.121. The van der Waals surface area contributed by atoms with Crippen LogP contribution in [-0.2, 0) is 9.59 Å². The summed E-state index contributed by atoms with van der Waals surface area (Å²) in [6.45, 7) is 1.44. The number of aliphatic hydroxyl groups is 2. The average molecular weight is 196 g/mol. The second-order valence-electron chi connectivity index (χ2n) is 1.96. The lowest BCUT2D eigenvalue weighted by Gasteiger charge is -2.09. The highest BCUT2D eigenvalue weighted by Gasteiger charge is 2.05. The fourth-order valence-electron chi connectivity index (χ4n) is 0.139. The van der Waals surface area contributed by atoms with Crippen LogP contribution in [0.1, 0.15) is 6.92 Å². The molecule has 0 rings (SSSR count). The van der Waals surface area contributed by atoms with Crippen LogP contribution in [0.2, 0.25) is 0 Å². The van der Waals surface area contributed by atoms with Crippen molar-refractivity contribution in [3.63, 3.8) is 0 Å². The first-order chi connectivity index (χ1) is 5.82. The SMILES string of the molecule is CC(O)C(O)NN.O=C(O)C(=O)O. The van der Waals surface area contributed by atoms with Crippen molar-refractivity contribution in [3.8, 4) is 0 Å². The van der Waals surface area contributed by atoms with Crippen LogP contribution in [0, 0.1) is 0 Å². The second-order valence-corrected chi connectivity index (χ2v) is 1.96. The number of hydrogen-bond acceptors (Lipinski definition) is 6. The number of nitrogens with two attached hydrogens (primary N) is 1. The van der Waals surface area contributed by atoms with E-state index in [1.54, 1.807) is 0 Å². The molecule has 8 heteroatoms. The zero-order valence-corrected chi connectivity index (χ0v) is 6.84. The fourth-order valence-corrected chi connectivity index (χ4v) is 0.139. The largest absolute Gasteiger partial charge is 0.473 e. The predicted molar refractivity (Wildman–Crippen MR) is 40.3 cm³/mol. The van der Waals surface area contributed by atoms with Gasteiger partial charge in [-0.05, 0) is 6.92 Å². The van der Waals surface area contributed by atoms with Crippen molar-refractivity contribution >= 4 is 11.9 Å². The zero-order valence-electron chi connectivity index (χ0n) is 6.84. The van der Waals surface area contributed by atoms with Crippen molar-refractivity contribution in [1.82, 2.24) is 5.43 Å². The molecular weight excluding hydrogens is 184 g/mol. The molecular formula is C5H12N2O6. The third kappa shape index (κ3) is 10.8. The summed E-state index contributed by atoms with van der Waals surface area (Å²) in [5.74, 6) is 1.06. The van der Waals surface area contributed by atoms with Gasteiger partial charge in [0.25, 0.3) is 0 Å². The Kier molecular flexibility index (Phi) is 8.18. The minimum Gasteiger partial charge on any atom is -0.473 e. The number of aliphatic carboxylic acids is 2. The van der Waals surface area contributed by atoms with Crippen molar-refractivity contribution in [2.24, 2.45) is 5.84 Å². The molecule has 8 nitrogen and oxygen atoms in total. The number of carboxylic acids is 2. The molecule has 0 saturated carbocycles. The number of carboxylic acid groups (broad SMARTS) is 2. The maximum absolute atomic E-state index is 9.10. The molecule has 0 spiro atoms. The molecule has 2 unspecified atom stereocenters. The van der Waals surface area contributed by atoms with Crippen LogP contribution in [-0.4, -0.2) is 44.7 Å². The summed E-state index contributed by atoms with van der Waals surface area (Å²) < 4.78 is 0. The summed E-state index contributed by atoms with van der Waals surface area (Å²) in [5, 5.41) is 31.7. The molecule has 0 aliphatic carbocycles. The van der Waals surface area contributed by atoms with Gasteiger partial charge in [0.2, 0.25) is 0 Å². The minimum absolute atomic E-state index is 0.815. The summed E-state index contributed by atoms with van der Waals surface area (Å²) in [4.78, 5) is 18.2. The molecule has 78 valence electrons. The van der Waals surface area contributed by atoms with Crippen LogP contribution in [0.3, 0.4) is 0 Å². The van der Waals surface area contributed by atoms with E-state index < -0.39 is 24.3 Å². The number of aliphatic hydroxyl groups excluding tert-OH is 2. The Morgan fingerprint density at radius 1 is 1.23 bits per heavy atom. The summed E-state index contributed by atoms with van der Waals surface area (Å²) in [7, 11) is 0. The van der Waals surface area contributed by atoms with Gasteiger partial charge in [0.05, 0.1) is 6.10 Å². The monoisotopic (exact) mass is 196 g/mol. The van der Waals surface area contributed by atoms with E-state index >= 15 is 0 Å². The lowest BCUT2D eigenvalue weighted by atomic mass is 10.4. The van der Waals surface area contributed by atoms with Gasteiger partial charge in [0, 0.05) is 0 Å². The maximum Gasteiger partial charge on any atom is 0.414 e. The lowest BCUT2D eigenvalue weighted by Crippen LogP contribution is -2.42. The Morgan fingerprint density at radius 3 is 1.54 bits per heavy atom. The van der Waals surface area contributed by atoms with E-state index in [0.29, 0.717) is 0 Å². The Labute approximate surface area is 73.6 Å². The van der Waals surface area contributed by atoms with Gasteiger partial charge in [0.1, 0.15) is 6.23 Å². The van der Waals surface area contributed by atoms with Crippen LogP contribution in [0.15, 0.2) is 0 Å². The standard InChI is InChI=1S/C3H10N2O2.C2H2O4/c1-2(6)3(7)5-4;3-1(4)2(5)6/h2-3,5-7H,4H2,1H3;(H,3,4)(H,5,6). The van der Waals surface area contributed by atoms with Gasteiger partial charge in [0.15, 0.2) is 0 Å². The van der Waals surface area contributed by atoms with Gasteiger partial charge >= 0.3 is 11.9 Å².